The highest BCUT2D eigenvalue weighted by molar-refractivity contribution is 6.31. The SMILES string of the molecule is Cc1ccc(N2C(=O)NC3CC2(C)Oc2ccccc23)cc1Cl. The Morgan fingerprint density at radius 1 is 1.30 bits per heavy atom. The number of halogens is 1. The Morgan fingerprint density at radius 3 is 2.87 bits per heavy atom. The summed E-state index contributed by atoms with van der Waals surface area (Å²) in [6, 6.07) is 13.3. The number of fused-ring (bicyclic) bond motifs is 4. The molecule has 4 nitrogen and oxygen atoms in total. The van der Waals surface area contributed by atoms with Crippen molar-refractivity contribution in [2.45, 2.75) is 32.0 Å². The second-order valence-corrected chi connectivity index (χ2v) is 6.70. The first kappa shape index (κ1) is 14.4. The molecule has 1 saturated heterocycles. The van der Waals surface area contributed by atoms with Gasteiger partial charge in [-0.05, 0) is 37.6 Å². The van der Waals surface area contributed by atoms with E-state index in [4.69, 9.17) is 16.3 Å². The minimum absolute atomic E-state index is 0.0328. The molecule has 2 amide bonds. The average Bonchev–Trinajstić information content (AvgIpc) is 2.50. The third-order valence-electron chi connectivity index (χ3n) is 4.59. The van der Waals surface area contributed by atoms with Gasteiger partial charge in [0.05, 0.1) is 11.7 Å². The van der Waals surface area contributed by atoms with E-state index in [2.05, 4.69) is 5.32 Å². The number of carbonyl (C=O) groups is 1. The van der Waals surface area contributed by atoms with Crippen molar-refractivity contribution in [2.75, 3.05) is 4.90 Å². The highest BCUT2D eigenvalue weighted by Crippen LogP contribution is 2.45. The van der Waals surface area contributed by atoms with Crippen molar-refractivity contribution in [1.82, 2.24) is 5.32 Å². The predicted octanol–water partition coefficient (Wildman–Crippen LogP) is 4.42. The number of carbonyl (C=O) groups excluding carboxylic acids is 1. The summed E-state index contributed by atoms with van der Waals surface area (Å²) < 4.78 is 6.22. The molecule has 1 fully saturated rings. The van der Waals surface area contributed by atoms with Gasteiger partial charge < -0.3 is 10.1 Å². The molecule has 2 unspecified atom stereocenters. The fourth-order valence-electron chi connectivity index (χ4n) is 3.43. The van der Waals surface area contributed by atoms with Crippen LogP contribution in [0.25, 0.3) is 0 Å². The number of aryl methyl sites for hydroxylation is 1. The second-order valence-electron chi connectivity index (χ2n) is 6.29. The number of para-hydroxylation sites is 1. The van der Waals surface area contributed by atoms with Crippen molar-refractivity contribution < 1.29 is 9.53 Å². The van der Waals surface area contributed by atoms with Crippen molar-refractivity contribution in [1.29, 1.82) is 0 Å². The summed E-state index contributed by atoms with van der Waals surface area (Å²) in [6.07, 6.45) is 0.682. The van der Waals surface area contributed by atoms with Gasteiger partial charge in [-0.3, -0.25) is 4.90 Å². The molecule has 2 aromatic carbocycles. The summed E-state index contributed by atoms with van der Waals surface area (Å²) in [5, 5.41) is 3.71. The van der Waals surface area contributed by atoms with Gasteiger partial charge in [0.15, 0.2) is 5.72 Å². The molecule has 23 heavy (non-hydrogen) atoms. The maximum Gasteiger partial charge on any atom is 0.325 e. The summed E-state index contributed by atoms with van der Waals surface area (Å²) in [4.78, 5) is 14.4. The predicted molar refractivity (Wildman–Crippen MR) is 90.0 cm³/mol. The van der Waals surface area contributed by atoms with Crippen molar-refractivity contribution in [2.24, 2.45) is 0 Å². The Morgan fingerprint density at radius 2 is 2.09 bits per heavy atom. The maximum atomic E-state index is 12.7. The van der Waals surface area contributed by atoms with E-state index >= 15 is 0 Å². The molecule has 2 bridgehead atoms. The standard InChI is InChI=1S/C18H17ClN2O2/c1-11-7-8-12(9-14(11)19)21-17(22)20-15-10-18(21,2)23-16-6-4-3-5-13(15)16/h3-9,15H,10H2,1-2H3,(H,20,22). The Labute approximate surface area is 140 Å². The summed E-state index contributed by atoms with van der Waals surface area (Å²) in [7, 11) is 0. The zero-order valence-corrected chi connectivity index (χ0v) is 13.7. The van der Waals surface area contributed by atoms with Crippen LogP contribution in [-0.4, -0.2) is 11.8 Å². The third-order valence-corrected chi connectivity index (χ3v) is 5.00. The van der Waals surface area contributed by atoms with Gasteiger partial charge in [-0.1, -0.05) is 35.9 Å². The molecule has 2 heterocycles. The van der Waals surface area contributed by atoms with Gasteiger partial charge in [0, 0.05) is 17.0 Å². The van der Waals surface area contributed by atoms with Crippen LogP contribution in [0.3, 0.4) is 0 Å². The molecule has 0 aliphatic carbocycles. The zero-order chi connectivity index (χ0) is 16.2. The molecular weight excluding hydrogens is 312 g/mol. The Hall–Kier alpha value is -2.20. The summed E-state index contributed by atoms with van der Waals surface area (Å²) in [5.41, 5.74) is 2.00. The van der Waals surface area contributed by atoms with Crippen LogP contribution < -0.4 is 15.0 Å². The number of benzene rings is 2. The van der Waals surface area contributed by atoms with Crippen LogP contribution in [0.4, 0.5) is 10.5 Å². The second kappa shape index (κ2) is 4.90. The molecule has 1 N–H and O–H groups in total. The van der Waals surface area contributed by atoms with Gasteiger partial charge in [0.1, 0.15) is 5.75 Å². The van der Waals surface area contributed by atoms with E-state index in [1.165, 1.54) is 0 Å². The fraction of sp³-hybridized carbons (Fsp3) is 0.278. The van der Waals surface area contributed by atoms with Crippen molar-refractivity contribution >= 4 is 23.3 Å². The van der Waals surface area contributed by atoms with Crippen LogP contribution in [0.15, 0.2) is 42.5 Å². The van der Waals surface area contributed by atoms with Crippen LogP contribution >= 0.6 is 11.6 Å². The van der Waals surface area contributed by atoms with E-state index in [-0.39, 0.29) is 12.1 Å². The number of ether oxygens (including phenoxy) is 1. The van der Waals surface area contributed by atoms with Gasteiger partial charge in [-0.25, -0.2) is 4.79 Å². The quantitative estimate of drug-likeness (QED) is 0.842. The minimum Gasteiger partial charge on any atom is -0.467 e. The van der Waals surface area contributed by atoms with Gasteiger partial charge in [0.25, 0.3) is 0 Å². The van der Waals surface area contributed by atoms with Crippen LogP contribution in [0.2, 0.25) is 5.02 Å². The van der Waals surface area contributed by atoms with E-state index in [0.29, 0.717) is 11.4 Å². The number of hydrogen-bond donors (Lipinski definition) is 1. The van der Waals surface area contributed by atoms with E-state index in [9.17, 15) is 4.79 Å². The van der Waals surface area contributed by atoms with E-state index < -0.39 is 5.72 Å². The molecule has 2 aliphatic heterocycles. The van der Waals surface area contributed by atoms with E-state index in [0.717, 1.165) is 22.6 Å². The number of amides is 2. The minimum atomic E-state index is -0.736. The smallest absolute Gasteiger partial charge is 0.325 e. The van der Waals surface area contributed by atoms with Crippen molar-refractivity contribution in [3.8, 4) is 5.75 Å². The Kier molecular flexibility index (Phi) is 3.07. The summed E-state index contributed by atoms with van der Waals surface area (Å²) in [6.45, 7) is 3.88. The zero-order valence-electron chi connectivity index (χ0n) is 13.0. The lowest BCUT2D eigenvalue weighted by Gasteiger charge is -2.50. The molecule has 0 radical (unpaired) electrons. The molecule has 2 aliphatic rings. The van der Waals surface area contributed by atoms with Crippen LogP contribution in [0, 0.1) is 6.92 Å². The molecule has 0 saturated carbocycles. The largest absolute Gasteiger partial charge is 0.467 e. The van der Waals surface area contributed by atoms with Crippen molar-refractivity contribution in [3.63, 3.8) is 0 Å². The summed E-state index contributed by atoms with van der Waals surface area (Å²) in [5.74, 6) is 0.814. The topological polar surface area (TPSA) is 41.6 Å². The lowest BCUT2D eigenvalue weighted by atomic mass is 9.90. The monoisotopic (exact) mass is 328 g/mol. The van der Waals surface area contributed by atoms with Crippen molar-refractivity contribution in [3.05, 3.63) is 58.6 Å². The molecule has 0 aromatic heterocycles. The molecule has 2 aromatic rings. The van der Waals surface area contributed by atoms with E-state index in [1.807, 2.05) is 56.3 Å². The van der Waals surface area contributed by atoms with Crippen LogP contribution in [-0.2, 0) is 0 Å². The Bertz CT molecular complexity index is 807. The third kappa shape index (κ3) is 2.17. The first-order chi connectivity index (χ1) is 11.0. The lowest BCUT2D eigenvalue weighted by Crippen LogP contribution is -2.65. The maximum absolute atomic E-state index is 12.7. The highest BCUT2D eigenvalue weighted by atomic mass is 35.5. The average molecular weight is 329 g/mol. The van der Waals surface area contributed by atoms with Gasteiger partial charge >= 0.3 is 6.03 Å². The molecule has 4 rings (SSSR count). The number of rotatable bonds is 1. The Balaban J connectivity index is 1.81. The molecule has 5 heteroatoms. The number of urea groups is 1. The summed E-state index contributed by atoms with van der Waals surface area (Å²) >= 11 is 6.24. The van der Waals surface area contributed by atoms with Gasteiger partial charge in [0.2, 0.25) is 0 Å². The number of hydrogen-bond acceptors (Lipinski definition) is 2. The number of nitrogens with zero attached hydrogens (tertiary/aromatic N) is 1. The normalized spacial score (nSPS) is 25.4. The number of nitrogens with one attached hydrogen (secondary N) is 1. The molecule has 0 spiro atoms. The number of anilines is 1. The van der Waals surface area contributed by atoms with Gasteiger partial charge in [-0.15, -0.1) is 0 Å². The van der Waals surface area contributed by atoms with Crippen LogP contribution in [0.1, 0.15) is 30.5 Å². The first-order valence-electron chi connectivity index (χ1n) is 7.63. The fourth-order valence-corrected chi connectivity index (χ4v) is 3.61. The molecule has 2 atom stereocenters. The van der Waals surface area contributed by atoms with Gasteiger partial charge in [-0.2, -0.15) is 0 Å². The highest BCUT2D eigenvalue weighted by Gasteiger charge is 2.49. The van der Waals surface area contributed by atoms with E-state index in [1.54, 1.807) is 4.90 Å². The van der Waals surface area contributed by atoms with Crippen LogP contribution in [0.5, 0.6) is 5.75 Å². The molecular formula is C18H17ClN2O2. The first-order valence-corrected chi connectivity index (χ1v) is 8.00. The molecule has 118 valence electrons. The lowest BCUT2D eigenvalue weighted by molar-refractivity contribution is 0.0379.